The SMILES string of the molecule is Cc1n[c-]c(-c2ccccn2)cn1.FC(F)(F)c1cc(-c2cnccn2)[n-]n1.[Pt+2]. The monoisotopic (exact) mass is 578 g/mol. The molecule has 0 spiro atoms. The van der Waals surface area contributed by atoms with Crippen molar-refractivity contribution in [1.29, 1.82) is 0 Å². The number of hydrogen-bond acceptors (Lipinski definition) is 6. The van der Waals surface area contributed by atoms with Crippen molar-refractivity contribution < 1.29 is 34.2 Å². The Labute approximate surface area is 178 Å². The Balaban J connectivity index is 0.000000202. The van der Waals surface area contributed by atoms with Gasteiger partial charge in [0.2, 0.25) is 0 Å². The molecule has 0 aliphatic heterocycles. The average Bonchev–Trinajstić information content (AvgIpc) is 3.21. The minimum absolute atomic E-state index is 0. The van der Waals surface area contributed by atoms with E-state index in [4.69, 9.17) is 0 Å². The summed E-state index contributed by atoms with van der Waals surface area (Å²) in [5.74, 6) is 0.722. The molecule has 4 heterocycles. The van der Waals surface area contributed by atoms with Gasteiger partial charge in [0.15, 0.2) is 0 Å². The van der Waals surface area contributed by atoms with Gasteiger partial charge in [-0.05, 0) is 30.9 Å². The van der Waals surface area contributed by atoms with Crippen molar-refractivity contribution in [2.75, 3.05) is 0 Å². The van der Waals surface area contributed by atoms with Gasteiger partial charge in [-0.3, -0.25) is 9.97 Å². The van der Waals surface area contributed by atoms with Crippen LogP contribution in [0.1, 0.15) is 11.5 Å². The Kier molecular flexibility index (Phi) is 7.66. The fourth-order valence-electron chi connectivity index (χ4n) is 1.99. The third-order valence-electron chi connectivity index (χ3n) is 3.31. The van der Waals surface area contributed by atoms with Crippen LogP contribution >= 0.6 is 0 Å². The topological polar surface area (TPSA) is 91.4 Å². The summed E-state index contributed by atoms with van der Waals surface area (Å²) in [6.07, 6.45) is 5.98. The van der Waals surface area contributed by atoms with Crippen LogP contribution in [0.2, 0.25) is 0 Å². The molecular weight excluding hydrogens is 566 g/mol. The maximum absolute atomic E-state index is 12.2. The molecule has 0 radical (unpaired) electrons. The van der Waals surface area contributed by atoms with E-state index in [1.54, 1.807) is 12.4 Å². The summed E-state index contributed by atoms with van der Waals surface area (Å²) < 4.78 is 36.5. The number of nitrogens with zero attached hydrogens (tertiary/aromatic N) is 7. The van der Waals surface area contributed by atoms with Crippen LogP contribution in [0.15, 0.2) is 55.2 Å². The third kappa shape index (κ3) is 6.25. The van der Waals surface area contributed by atoms with Crippen molar-refractivity contribution in [3.63, 3.8) is 0 Å². The molecule has 0 N–H and O–H groups in total. The molecule has 0 aromatic carbocycles. The van der Waals surface area contributed by atoms with E-state index in [9.17, 15) is 13.2 Å². The zero-order chi connectivity index (χ0) is 20.0. The van der Waals surface area contributed by atoms with Gasteiger partial charge in [0.05, 0.1) is 11.9 Å². The molecule has 0 aliphatic carbocycles. The van der Waals surface area contributed by atoms with Gasteiger partial charge < -0.3 is 25.1 Å². The summed E-state index contributed by atoms with van der Waals surface area (Å²) in [6.45, 7) is 1.83. The van der Waals surface area contributed by atoms with Crippen LogP contribution < -0.4 is 5.10 Å². The first kappa shape index (κ1) is 22.3. The number of alkyl halides is 3. The second-order valence-corrected chi connectivity index (χ2v) is 5.36. The molecule has 0 saturated carbocycles. The van der Waals surface area contributed by atoms with E-state index in [1.807, 2.05) is 25.1 Å². The van der Waals surface area contributed by atoms with Crippen LogP contribution in [-0.4, -0.2) is 30.0 Å². The fraction of sp³-hybridized carbons (Fsp3) is 0.111. The molecule has 0 fully saturated rings. The van der Waals surface area contributed by atoms with E-state index < -0.39 is 11.9 Å². The standard InChI is InChI=1S/C10H8N3.C8H4F3N4.Pt/c1-8-12-6-9(7-13-8)10-4-2-3-5-11-10;9-8(10,11)7-3-5(14-15-7)6-4-12-1-2-13-6;/h2-6H,1H3;1-4H;/q2*-1;+2. The average molecular weight is 578 g/mol. The van der Waals surface area contributed by atoms with Crippen LogP contribution in [0, 0.1) is 13.1 Å². The summed E-state index contributed by atoms with van der Waals surface area (Å²) in [7, 11) is 0. The van der Waals surface area contributed by atoms with Gasteiger partial charge in [-0.2, -0.15) is 13.2 Å². The Morgan fingerprint density at radius 1 is 0.966 bits per heavy atom. The first-order valence-electron chi connectivity index (χ1n) is 7.90. The van der Waals surface area contributed by atoms with E-state index >= 15 is 0 Å². The van der Waals surface area contributed by atoms with Gasteiger partial charge in [0.1, 0.15) is 5.69 Å². The Bertz CT molecular complexity index is 1010. The molecule has 0 atom stereocenters. The Morgan fingerprint density at radius 3 is 2.31 bits per heavy atom. The van der Waals surface area contributed by atoms with Gasteiger partial charge in [-0.25, -0.2) is 0 Å². The smallest absolute Gasteiger partial charge is 0.573 e. The summed E-state index contributed by atoms with van der Waals surface area (Å²) in [6, 6.07) is 6.54. The first-order chi connectivity index (χ1) is 13.4. The van der Waals surface area contributed by atoms with Crippen molar-refractivity contribution in [1.82, 2.24) is 35.1 Å². The van der Waals surface area contributed by atoms with Crippen molar-refractivity contribution in [2.24, 2.45) is 0 Å². The molecule has 0 saturated heterocycles. The molecule has 0 bridgehead atoms. The number of aryl methyl sites for hydroxylation is 1. The predicted molar refractivity (Wildman–Crippen MR) is 92.4 cm³/mol. The number of rotatable bonds is 2. The number of halogens is 3. The first-order valence-corrected chi connectivity index (χ1v) is 7.90. The van der Waals surface area contributed by atoms with E-state index in [0.29, 0.717) is 0 Å². The van der Waals surface area contributed by atoms with Crippen molar-refractivity contribution in [3.05, 3.63) is 73.0 Å². The molecule has 11 heteroatoms. The Hall–Kier alpha value is -3.00. The zero-order valence-electron chi connectivity index (χ0n) is 14.8. The fourth-order valence-corrected chi connectivity index (χ4v) is 1.99. The largest absolute Gasteiger partial charge is 2.00 e. The van der Waals surface area contributed by atoms with Crippen molar-refractivity contribution in [3.8, 4) is 22.6 Å². The molecule has 0 unspecified atom stereocenters. The normalized spacial score (nSPS) is 10.5. The van der Waals surface area contributed by atoms with Crippen molar-refractivity contribution >= 4 is 0 Å². The van der Waals surface area contributed by atoms with E-state index in [1.165, 1.54) is 18.6 Å². The predicted octanol–water partition coefficient (Wildman–Crippen LogP) is 3.16. The zero-order valence-corrected chi connectivity index (χ0v) is 17.0. The van der Waals surface area contributed by atoms with Crippen LogP contribution in [0.4, 0.5) is 13.2 Å². The molecule has 4 aromatic rings. The van der Waals surface area contributed by atoms with Crippen LogP contribution in [0.5, 0.6) is 0 Å². The molecule has 7 nitrogen and oxygen atoms in total. The molecule has 150 valence electrons. The summed E-state index contributed by atoms with van der Waals surface area (Å²) >= 11 is 0. The quantitative estimate of drug-likeness (QED) is 0.338. The van der Waals surface area contributed by atoms with Crippen LogP contribution in [0.25, 0.3) is 22.6 Å². The second kappa shape index (κ2) is 9.97. The van der Waals surface area contributed by atoms with Crippen LogP contribution in [-0.2, 0) is 27.2 Å². The minimum Gasteiger partial charge on any atom is -0.573 e. The van der Waals surface area contributed by atoms with Gasteiger partial charge in [-0.1, -0.05) is 29.6 Å². The number of hydrogen-bond donors (Lipinski definition) is 0. The maximum Gasteiger partial charge on any atom is 2.00 e. The molecule has 0 aliphatic rings. The van der Waals surface area contributed by atoms with Crippen molar-refractivity contribution in [2.45, 2.75) is 13.1 Å². The van der Waals surface area contributed by atoms with E-state index in [0.717, 1.165) is 23.1 Å². The molecule has 4 aromatic heterocycles. The van der Waals surface area contributed by atoms with E-state index in [2.05, 4.69) is 41.3 Å². The van der Waals surface area contributed by atoms with E-state index in [-0.39, 0.29) is 32.5 Å². The van der Waals surface area contributed by atoms with Gasteiger partial charge in [-0.15, -0.1) is 0 Å². The number of aromatic nitrogens is 7. The molecule has 29 heavy (non-hydrogen) atoms. The van der Waals surface area contributed by atoms with Crippen LogP contribution in [0.3, 0.4) is 0 Å². The van der Waals surface area contributed by atoms with Gasteiger partial charge >= 0.3 is 27.2 Å². The van der Waals surface area contributed by atoms with Gasteiger partial charge in [0.25, 0.3) is 0 Å². The minimum atomic E-state index is -4.48. The summed E-state index contributed by atoms with van der Waals surface area (Å²) in [4.78, 5) is 19.8. The molecule has 4 rings (SSSR count). The third-order valence-corrected chi connectivity index (χ3v) is 3.31. The van der Waals surface area contributed by atoms with Gasteiger partial charge in [0, 0.05) is 24.4 Å². The second-order valence-electron chi connectivity index (χ2n) is 5.36. The molecule has 0 amide bonds. The molecular formula is C18H12F3N7Pt. The maximum atomic E-state index is 12.2. The number of pyridine rings is 1. The Morgan fingerprint density at radius 2 is 1.76 bits per heavy atom. The summed E-state index contributed by atoms with van der Waals surface area (Å²) in [5.41, 5.74) is 0.979. The summed E-state index contributed by atoms with van der Waals surface area (Å²) in [5, 5.41) is 6.40.